The van der Waals surface area contributed by atoms with Gasteiger partial charge in [-0.2, -0.15) is 10.2 Å². The van der Waals surface area contributed by atoms with Crippen LogP contribution in [0.25, 0.3) is 0 Å². The Bertz CT molecular complexity index is 882. The molecule has 0 bridgehead atoms. The maximum absolute atomic E-state index is 12.3. The molecule has 1 aliphatic carbocycles. The summed E-state index contributed by atoms with van der Waals surface area (Å²) in [7, 11) is 0. The van der Waals surface area contributed by atoms with Crippen molar-refractivity contribution in [3.8, 4) is 0 Å². The zero-order chi connectivity index (χ0) is 19.0. The first-order chi connectivity index (χ1) is 13.0. The minimum Gasteiger partial charge on any atom is -0.354 e. The van der Waals surface area contributed by atoms with E-state index in [1.165, 1.54) is 29.7 Å². The number of nitrogens with zero attached hydrogens (tertiary/aromatic N) is 5. The minimum atomic E-state index is -0.253. The number of hydrogen-bond donors (Lipinski definition) is 1. The van der Waals surface area contributed by atoms with Crippen LogP contribution in [-0.2, 0) is 0 Å². The second-order valence-corrected chi connectivity index (χ2v) is 7.67. The van der Waals surface area contributed by atoms with Gasteiger partial charge < -0.3 is 10.2 Å². The topological polar surface area (TPSA) is 93.0 Å². The predicted molar refractivity (Wildman–Crippen MR) is 101 cm³/mol. The fourth-order valence-corrected chi connectivity index (χ4v) is 3.23. The van der Waals surface area contributed by atoms with Crippen LogP contribution >= 0.6 is 0 Å². The van der Waals surface area contributed by atoms with Crippen LogP contribution in [0.4, 0.5) is 5.82 Å². The molecule has 1 aliphatic heterocycles. The summed E-state index contributed by atoms with van der Waals surface area (Å²) in [6.45, 7) is 5.98. The van der Waals surface area contributed by atoms with Crippen LogP contribution in [0.5, 0.6) is 0 Å². The number of amides is 1. The van der Waals surface area contributed by atoms with Crippen LogP contribution < -0.4 is 15.8 Å². The van der Waals surface area contributed by atoms with Gasteiger partial charge in [-0.05, 0) is 44.9 Å². The maximum atomic E-state index is 12.3. The van der Waals surface area contributed by atoms with Crippen molar-refractivity contribution < 1.29 is 4.79 Å². The predicted octanol–water partition coefficient (Wildman–Crippen LogP) is 1.36. The maximum Gasteiger partial charge on any atom is 0.271 e. The molecule has 0 radical (unpaired) electrons. The molecule has 0 spiro atoms. The Morgan fingerprint density at radius 3 is 2.59 bits per heavy atom. The third-order valence-corrected chi connectivity index (χ3v) is 5.05. The molecule has 1 N–H and O–H groups in total. The first-order valence-electron chi connectivity index (χ1n) is 9.48. The quantitative estimate of drug-likeness (QED) is 0.827. The van der Waals surface area contributed by atoms with Gasteiger partial charge in [0.05, 0.1) is 11.7 Å². The third kappa shape index (κ3) is 3.84. The van der Waals surface area contributed by atoms with Crippen LogP contribution in [0.3, 0.4) is 0 Å². The summed E-state index contributed by atoms with van der Waals surface area (Å²) in [6.07, 6.45) is 2.45. The van der Waals surface area contributed by atoms with Crippen molar-refractivity contribution in [3.05, 3.63) is 46.0 Å². The second kappa shape index (κ2) is 7.09. The van der Waals surface area contributed by atoms with Crippen molar-refractivity contribution in [1.82, 2.24) is 25.3 Å². The molecule has 0 aromatic carbocycles. The molecule has 0 atom stereocenters. The van der Waals surface area contributed by atoms with Gasteiger partial charge in [0.25, 0.3) is 11.5 Å². The van der Waals surface area contributed by atoms with Crippen molar-refractivity contribution in [2.75, 3.05) is 24.5 Å². The lowest BCUT2D eigenvalue weighted by Gasteiger charge is -2.39. The monoisotopic (exact) mass is 368 g/mol. The SMILES string of the molecule is CC(C)n1nc(C(=O)NCC2CN(c3ccc(C4CC4)nn3)C2)ccc1=O. The van der Waals surface area contributed by atoms with Crippen LogP contribution in [0.2, 0.25) is 0 Å². The Labute approximate surface area is 157 Å². The van der Waals surface area contributed by atoms with Crippen LogP contribution in [0.1, 0.15) is 54.8 Å². The van der Waals surface area contributed by atoms with Crippen molar-refractivity contribution in [3.63, 3.8) is 0 Å². The molecule has 3 heterocycles. The molecular weight excluding hydrogens is 344 g/mol. The Balaban J connectivity index is 1.27. The van der Waals surface area contributed by atoms with E-state index in [-0.39, 0.29) is 23.2 Å². The van der Waals surface area contributed by atoms with Gasteiger partial charge >= 0.3 is 0 Å². The molecule has 2 aliphatic rings. The molecule has 8 heteroatoms. The Morgan fingerprint density at radius 2 is 1.96 bits per heavy atom. The lowest BCUT2D eigenvalue weighted by Crippen LogP contribution is -2.52. The summed E-state index contributed by atoms with van der Waals surface area (Å²) in [6, 6.07) is 6.88. The summed E-state index contributed by atoms with van der Waals surface area (Å²) in [5.74, 6) is 1.63. The summed E-state index contributed by atoms with van der Waals surface area (Å²) in [4.78, 5) is 26.2. The van der Waals surface area contributed by atoms with E-state index >= 15 is 0 Å². The lowest BCUT2D eigenvalue weighted by atomic mass is 10.00. The zero-order valence-electron chi connectivity index (χ0n) is 15.6. The minimum absolute atomic E-state index is 0.0853. The van der Waals surface area contributed by atoms with Gasteiger partial charge in [-0.25, -0.2) is 4.68 Å². The summed E-state index contributed by atoms with van der Waals surface area (Å²) >= 11 is 0. The molecule has 27 heavy (non-hydrogen) atoms. The molecule has 142 valence electrons. The largest absolute Gasteiger partial charge is 0.354 e. The smallest absolute Gasteiger partial charge is 0.271 e. The molecular formula is C19H24N6O2. The van der Waals surface area contributed by atoms with Gasteiger partial charge in [-0.3, -0.25) is 9.59 Å². The number of aromatic nitrogens is 4. The van der Waals surface area contributed by atoms with Crippen molar-refractivity contribution in [2.24, 2.45) is 5.92 Å². The van der Waals surface area contributed by atoms with E-state index in [2.05, 4.69) is 31.6 Å². The third-order valence-electron chi connectivity index (χ3n) is 5.05. The molecule has 1 saturated carbocycles. The fraction of sp³-hybridized carbons (Fsp3) is 0.526. The Morgan fingerprint density at radius 1 is 1.19 bits per heavy atom. The molecule has 0 unspecified atom stereocenters. The number of anilines is 1. The molecule has 1 saturated heterocycles. The lowest BCUT2D eigenvalue weighted by molar-refractivity contribution is 0.0936. The molecule has 2 aromatic rings. The van der Waals surface area contributed by atoms with E-state index in [9.17, 15) is 9.59 Å². The van der Waals surface area contributed by atoms with Gasteiger partial charge in [0.15, 0.2) is 5.82 Å². The average Bonchev–Trinajstić information content (AvgIpc) is 3.46. The van der Waals surface area contributed by atoms with Gasteiger partial charge in [0, 0.05) is 37.5 Å². The first-order valence-corrected chi connectivity index (χ1v) is 9.48. The summed E-state index contributed by atoms with van der Waals surface area (Å²) in [5.41, 5.74) is 1.16. The molecule has 2 fully saturated rings. The number of hydrogen-bond acceptors (Lipinski definition) is 6. The average molecular weight is 368 g/mol. The Hall–Kier alpha value is -2.77. The van der Waals surface area contributed by atoms with Crippen LogP contribution in [0, 0.1) is 5.92 Å². The van der Waals surface area contributed by atoms with Crippen LogP contribution in [0.15, 0.2) is 29.1 Å². The number of carbonyl (C=O) groups is 1. The highest BCUT2D eigenvalue weighted by molar-refractivity contribution is 5.92. The standard InChI is InChI=1S/C19H24N6O2/c1-12(2)25-18(26)8-6-16(23-25)19(27)20-9-13-10-24(11-13)17-7-5-15(21-22-17)14-3-4-14/h5-8,12-14H,3-4,9-11H2,1-2H3,(H,20,27). The highest BCUT2D eigenvalue weighted by Gasteiger charge is 2.30. The van der Waals surface area contributed by atoms with E-state index in [4.69, 9.17) is 0 Å². The van der Waals surface area contributed by atoms with E-state index in [1.807, 2.05) is 19.9 Å². The molecule has 4 rings (SSSR count). The van der Waals surface area contributed by atoms with E-state index in [0.717, 1.165) is 24.6 Å². The first kappa shape index (κ1) is 17.6. The summed E-state index contributed by atoms with van der Waals surface area (Å²) < 4.78 is 1.32. The van der Waals surface area contributed by atoms with Crippen molar-refractivity contribution in [2.45, 2.75) is 38.6 Å². The van der Waals surface area contributed by atoms with Gasteiger partial charge in [-0.1, -0.05) is 0 Å². The highest BCUT2D eigenvalue weighted by atomic mass is 16.2. The van der Waals surface area contributed by atoms with E-state index in [1.54, 1.807) is 0 Å². The number of rotatable bonds is 6. The molecule has 1 amide bonds. The number of carbonyl (C=O) groups excluding carboxylic acids is 1. The van der Waals surface area contributed by atoms with Crippen molar-refractivity contribution >= 4 is 11.7 Å². The van der Waals surface area contributed by atoms with E-state index < -0.39 is 0 Å². The Kier molecular flexibility index (Phi) is 4.63. The fourth-order valence-electron chi connectivity index (χ4n) is 3.23. The highest BCUT2D eigenvalue weighted by Crippen LogP contribution is 2.38. The molecule has 2 aromatic heterocycles. The normalized spacial score (nSPS) is 17.1. The number of nitrogens with one attached hydrogen (secondary N) is 1. The van der Waals surface area contributed by atoms with Crippen molar-refractivity contribution in [1.29, 1.82) is 0 Å². The van der Waals surface area contributed by atoms with Gasteiger partial charge in [0.2, 0.25) is 0 Å². The van der Waals surface area contributed by atoms with Gasteiger partial charge in [0.1, 0.15) is 5.69 Å². The second-order valence-electron chi connectivity index (χ2n) is 7.67. The molecule has 8 nitrogen and oxygen atoms in total. The summed E-state index contributed by atoms with van der Waals surface area (Å²) in [5, 5.41) is 15.7. The zero-order valence-corrected chi connectivity index (χ0v) is 15.6. The van der Waals surface area contributed by atoms with Crippen LogP contribution in [-0.4, -0.2) is 45.5 Å². The van der Waals surface area contributed by atoms with Gasteiger partial charge in [-0.15, -0.1) is 5.10 Å². The van der Waals surface area contributed by atoms with E-state index in [0.29, 0.717) is 18.4 Å².